The van der Waals surface area contributed by atoms with Crippen LogP contribution in [-0.2, 0) is 6.42 Å². The molecule has 0 aliphatic rings. The van der Waals surface area contributed by atoms with Crippen LogP contribution in [0, 0.1) is 0 Å². The van der Waals surface area contributed by atoms with E-state index in [0.29, 0.717) is 0 Å². The Labute approximate surface area is 155 Å². The third kappa shape index (κ3) is 6.04. The molecule has 2 rings (SSSR count). The minimum atomic E-state index is -1.24. The summed E-state index contributed by atoms with van der Waals surface area (Å²) < 4.78 is 5.71. The van der Waals surface area contributed by atoms with Gasteiger partial charge in [0.2, 0.25) is 0 Å². The van der Waals surface area contributed by atoms with E-state index in [2.05, 4.69) is 19.1 Å². The second-order valence-corrected chi connectivity index (χ2v) is 10.3. The Morgan fingerprint density at radius 3 is 2.46 bits per heavy atom. The largest absolute Gasteiger partial charge is 0.508 e. The number of halogens is 2. The highest BCUT2D eigenvalue weighted by atomic mass is 35.7. The van der Waals surface area contributed by atoms with Crippen LogP contribution in [0.1, 0.15) is 31.7 Å². The molecule has 0 amide bonds. The van der Waals surface area contributed by atoms with Gasteiger partial charge in [-0.1, -0.05) is 31.5 Å². The molecule has 0 aliphatic heterocycles. The van der Waals surface area contributed by atoms with Crippen LogP contribution in [0.2, 0.25) is 6.04 Å². The fraction of sp³-hybridized carbons (Fsp3) is 0.368. The molecule has 1 radical (unpaired) electrons. The summed E-state index contributed by atoms with van der Waals surface area (Å²) in [6.45, 7) is 2.90. The summed E-state index contributed by atoms with van der Waals surface area (Å²) in [6.07, 6.45) is 3.97. The van der Waals surface area contributed by atoms with Gasteiger partial charge in [0.1, 0.15) is 11.5 Å². The lowest BCUT2D eigenvalue weighted by Crippen LogP contribution is -1.97. The quantitative estimate of drug-likeness (QED) is 0.321. The van der Waals surface area contributed by atoms with Crippen molar-refractivity contribution in [3.8, 4) is 22.6 Å². The van der Waals surface area contributed by atoms with Crippen LogP contribution in [0.4, 0.5) is 0 Å². The number of phenolic OH excluding ortho intramolecular Hbond substituents is 1. The smallest absolute Gasteiger partial charge is 0.273 e. The van der Waals surface area contributed by atoms with E-state index in [-0.39, 0.29) is 5.75 Å². The van der Waals surface area contributed by atoms with Crippen LogP contribution in [0.5, 0.6) is 11.5 Å². The van der Waals surface area contributed by atoms with Crippen molar-refractivity contribution in [2.24, 2.45) is 0 Å². The summed E-state index contributed by atoms with van der Waals surface area (Å²) >= 11 is 11.8. The van der Waals surface area contributed by atoms with E-state index in [1.807, 2.05) is 24.3 Å². The Balaban J connectivity index is 2.12. The van der Waals surface area contributed by atoms with Gasteiger partial charge in [0.15, 0.2) is 0 Å². The van der Waals surface area contributed by atoms with Crippen molar-refractivity contribution in [2.75, 3.05) is 6.61 Å². The lowest BCUT2D eigenvalue weighted by molar-refractivity contribution is 0.309. The maximum absolute atomic E-state index is 9.79. The third-order valence-corrected chi connectivity index (χ3v) is 5.70. The molecular weight excluding hydrogens is 359 g/mol. The minimum absolute atomic E-state index is 0.288. The molecule has 0 heterocycles. The SMILES string of the molecule is CCCCOc1ccc(-c2ccc(O)cc2CCC[Si](Cl)Cl)cc1. The molecule has 0 aromatic heterocycles. The number of benzene rings is 2. The molecule has 2 nitrogen and oxygen atoms in total. The molecular formula is C19H23Cl2O2Si. The first-order valence-electron chi connectivity index (χ1n) is 8.32. The predicted molar refractivity (Wildman–Crippen MR) is 105 cm³/mol. The summed E-state index contributed by atoms with van der Waals surface area (Å²) in [4.78, 5) is 0. The van der Waals surface area contributed by atoms with Crippen LogP contribution < -0.4 is 4.74 Å². The van der Waals surface area contributed by atoms with Gasteiger partial charge in [-0.15, -0.1) is 22.2 Å². The Morgan fingerprint density at radius 1 is 1.04 bits per heavy atom. The molecule has 0 saturated heterocycles. The number of phenols is 1. The highest BCUT2D eigenvalue weighted by molar-refractivity contribution is 7.33. The van der Waals surface area contributed by atoms with Crippen LogP contribution in [0.15, 0.2) is 42.5 Å². The van der Waals surface area contributed by atoms with Gasteiger partial charge in [-0.3, -0.25) is 0 Å². The van der Waals surface area contributed by atoms with Crippen molar-refractivity contribution in [3.05, 3.63) is 48.0 Å². The molecule has 0 saturated carbocycles. The second-order valence-electron chi connectivity index (χ2n) is 5.76. The first-order valence-corrected chi connectivity index (χ1v) is 12.0. The van der Waals surface area contributed by atoms with Gasteiger partial charge in [-0.2, -0.15) is 0 Å². The zero-order chi connectivity index (χ0) is 17.4. The fourth-order valence-corrected chi connectivity index (χ4v) is 3.79. The Morgan fingerprint density at radius 2 is 1.79 bits per heavy atom. The summed E-state index contributed by atoms with van der Waals surface area (Å²) in [6, 6.07) is 14.5. The molecule has 0 unspecified atom stereocenters. The number of hydrogen-bond acceptors (Lipinski definition) is 2. The van der Waals surface area contributed by atoms with E-state index in [4.69, 9.17) is 26.9 Å². The average Bonchev–Trinajstić information content (AvgIpc) is 2.56. The van der Waals surface area contributed by atoms with Crippen LogP contribution in [0.3, 0.4) is 0 Å². The van der Waals surface area contributed by atoms with Gasteiger partial charge in [0, 0.05) is 0 Å². The molecule has 0 aliphatic carbocycles. The van der Waals surface area contributed by atoms with Crippen LogP contribution in [0.25, 0.3) is 11.1 Å². The monoisotopic (exact) mass is 381 g/mol. The Hall–Kier alpha value is -1.16. The van der Waals surface area contributed by atoms with E-state index in [0.717, 1.165) is 60.8 Å². The van der Waals surface area contributed by atoms with Gasteiger partial charge < -0.3 is 9.84 Å². The molecule has 2 aromatic rings. The van der Waals surface area contributed by atoms with Crippen molar-refractivity contribution in [3.63, 3.8) is 0 Å². The van der Waals surface area contributed by atoms with E-state index in [1.165, 1.54) is 0 Å². The lowest BCUT2D eigenvalue weighted by Gasteiger charge is -2.12. The molecule has 0 atom stereocenters. The maximum atomic E-state index is 9.79. The summed E-state index contributed by atoms with van der Waals surface area (Å²) in [5, 5.41) is 9.79. The molecule has 5 heteroatoms. The first-order chi connectivity index (χ1) is 11.6. The summed E-state index contributed by atoms with van der Waals surface area (Å²) in [5.41, 5.74) is 3.37. The normalized spacial score (nSPS) is 11.0. The molecule has 2 aromatic carbocycles. The number of hydrogen-bond donors (Lipinski definition) is 1. The van der Waals surface area contributed by atoms with Crippen molar-refractivity contribution >= 4 is 29.6 Å². The molecule has 0 fully saturated rings. The maximum Gasteiger partial charge on any atom is 0.273 e. The first kappa shape index (κ1) is 19.2. The molecule has 129 valence electrons. The second kappa shape index (κ2) is 9.97. The average molecular weight is 382 g/mol. The highest BCUT2D eigenvalue weighted by Crippen LogP contribution is 2.30. The topological polar surface area (TPSA) is 29.5 Å². The lowest BCUT2D eigenvalue weighted by atomic mass is 9.96. The van der Waals surface area contributed by atoms with Gasteiger partial charge >= 0.3 is 0 Å². The van der Waals surface area contributed by atoms with Gasteiger partial charge in [-0.05, 0) is 66.3 Å². The van der Waals surface area contributed by atoms with Gasteiger partial charge in [0.05, 0.1) is 6.61 Å². The highest BCUT2D eigenvalue weighted by Gasteiger charge is 2.09. The molecule has 1 N–H and O–H groups in total. The van der Waals surface area contributed by atoms with Gasteiger partial charge in [0.25, 0.3) is 7.42 Å². The number of rotatable bonds is 9. The summed E-state index contributed by atoms with van der Waals surface area (Å²) in [7, 11) is -1.24. The zero-order valence-corrected chi connectivity index (χ0v) is 16.4. The molecule has 24 heavy (non-hydrogen) atoms. The van der Waals surface area contributed by atoms with E-state index in [1.54, 1.807) is 6.07 Å². The number of aromatic hydroxyl groups is 1. The van der Waals surface area contributed by atoms with Crippen molar-refractivity contribution in [1.29, 1.82) is 0 Å². The third-order valence-electron chi connectivity index (χ3n) is 3.83. The zero-order valence-electron chi connectivity index (χ0n) is 13.9. The van der Waals surface area contributed by atoms with E-state index in [9.17, 15) is 5.11 Å². The molecule has 0 bridgehead atoms. The van der Waals surface area contributed by atoms with Crippen LogP contribution in [-0.4, -0.2) is 19.1 Å². The van der Waals surface area contributed by atoms with Crippen molar-refractivity contribution < 1.29 is 9.84 Å². The van der Waals surface area contributed by atoms with Crippen LogP contribution >= 0.6 is 22.2 Å². The number of unbranched alkanes of at least 4 members (excludes halogenated alkanes) is 1. The van der Waals surface area contributed by atoms with Crippen molar-refractivity contribution in [2.45, 2.75) is 38.7 Å². The predicted octanol–water partition coefficient (Wildman–Crippen LogP) is 6.14. The van der Waals surface area contributed by atoms with E-state index < -0.39 is 7.42 Å². The Kier molecular flexibility index (Phi) is 7.96. The standard InChI is InChI=1S/C19H23Cl2O2Si/c1-2-3-12-23-18-9-6-15(7-10-18)19-11-8-17(22)14-16(19)5-4-13-24(20)21/h6-11,14,22H,2-5,12-13H2,1H3. The van der Waals surface area contributed by atoms with Gasteiger partial charge in [-0.25, -0.2) is 0 Å². The fourth-order valence-electron chi connectivity index (χ4n) is 2.55. The number of ether oxygens (including phenoxy) is 1. The summed E-state index contributed by atoms with van der Waals surface area (Å²) in [5.74, 6) is 1.18. The Bertz CT molecular complexity index is 630. The number of aryl methyl sites for hydroxylation is 1. The van der Waals surface area contributed by atoms with E-state index >= 15 is 0 Å². The minimum Gasteiger partial charge on any atom is -0.508 e. The molecule has 0 spiro atoms. The van der Waals surface area contributed by atoms with Crippen molar-refractivity contribution in [1.82, 2.24) is 0 Å².